The van der Waals surface area contributed by atoms with Crippen molar-refractivity contribution in [3.8, 4) is 0 Å². The van der Waals surface area contributed by atoms with Crippen LogP contribution in [0.2, 0.25) is 0 Å². The molecule has 0 bridgehead atoms. The van der Waals surface area contributed by atoms with E-state index < -0.39 is 0 Å². The topological polar surface area (TPSA) is 71.1 Å². The second-order valence-corrected chi connectivity index (χ2v) is 4.48. The first-order chi connectivity index (χ1) is 10.3. The monoisotopic (exact) mass is 283 g/mol. The number of hydrogen-bond donors (Lipinski definition) is 2. The van der Waals surface area contributed by atoms with E-state index in [1.807, 2.05) is 30.3 Å². The lowest BCUT2D eigenvalue weighted by Crippen LogP contribution is -2.35. The molecule has 2 N–H and O–H groups in total. The molecule has 0 radical (unpaired) electrons. The normalized spacial score (nSPS) is 9.90. The first-order valence-corrected chi connectivity index (χ1v) is 6.75. The third kappa shape index (κ3) is 5.06. The molecule has 2 amide bonds. The van der Waals surface area contributed by atoms with Gasteiger partial charge < -0.3 is 10.6 Å². The summed E-state index contributed by atoms with van der Waals surface area (Å²) in [7, 11) is 0. The van der Waals surface area contributed by atoms with Crippen molar-refractivity contribution >= 4 is 11.8 Å². The highest BCUT2D eigenvalue weighted by Gasteiger charge is 2.05. The molecule has 0 saturated heterocycles. The van der Waals surface area contributed by atoms with E-state index in [0.717, 1.165) is 5.56 Å². The van der Waals surface area contributed by atoms with Gasteiger partial charge in [-0.2, -0.15) is 0 Å². The Balaban J connectivity index is 1.66. The maximum atomic E-state index is 11.7. The summed E-state index contributed by atoms with van der Waals surface area (Å²) >= 11 is 0. The minimum Gasteiger partial charge on any atom is -0.354 e. The predicted molar refractivity (Wildman–Crippen MR) is 79.7 cm³/mol. The van der Waals surface area contributed by atoms with Crippen molar-refractivity contribution in [1.82, 2.24) is 15.6 Å². The maximum Gasteiger partial charge on any atom is 0.269 e. The van der Waals surface area contributed by atoms with Crippen LogP contribution in [0.25, 0.3) is 0 Å². The highest BCUT2D eigenvalue weighted by Crippen LogP contribution is 1.98. The van der Waals surface area contributed by atoms with Crippen LogP contribution in [0.1, 0.15) is 16.1 Å². The molecule has 0 spiro atoms. The predicted octanol–water partition coefficient (Wildman–Crippen LogP) is 1.17. The van der Waals surface area contributed by atoms with Crippen LogP contribution in [0.4, 0.5) is 0 Å². The zero-order valence-corrected chi connectivity index (χ0v) is 11.6. The Morgan fingerprint density at radius 3 is 2.33 bits per heavy atom. The highest BCUT2D eigenvalue weighted by molar-refractivity contribution is 5.92. The quantitative estimate of drug-likeness (QED) is 0.782. The number of amides is 2. The van der Waals surface area contributed by atoms with E-state index in [9.17, 15) is 9.59 Å². The lowest BCUT2D eigenvalue weighted by atomic mass is 10.1. The van der Waals surface area contributed by atoms with E-state index in [1.54, 1.807) is 24.4 Å². The molecule has 1 aromatic heterocycles. The molecule has 0 atom stereocenters. The molecule has 5 nitrogen and oxygen atoms in total. The molecule has 0 aliphatic rings. The lowest BCUT2D eigenvalue weighted by molar-refractivity contribution is -0.120. The van der Waals surface area contributed by atoms with Crippen LogP contribution >= 0.6 is 0 Å². The van der Waals surface area contributed by atoms with Crippen molar-refractivity contribution in [2.75, 3.05) is 13.1 Å². The van der Waals surface area contributed by atoms with Crippen LogP contribution in [0.15, 0.2) is 54.7 Å². The van der Waals surface area contributed by atoms with Crippen molar-refractivity contribution in [1.29, 1.82) is 0 Å². The second kappa shape index (κ2) is 7.79. The zero-order chi connectivity index (χ0) is 14.9. The second-order valence-electron chi connectivity index (χ2n) is 4.48. The average molecular weight is 283 g/mol. The van der Waals surface area contributed by atoms with Gasteiger partial charge in [-0.3, -0.25) is 14.6 Å². The fourth-order valence-corrected chi connectivity index (χ4v) is 1.81. The first-order valence-electron chi connectivity index (χ1n) is 6.75. The van der Waals surface area contributed by atoms with Gasteiger partial charge in [-0.15, -0.1) is 0 Å². The van der Waals surface area contributed by atoms with Crippen LogP contribution in [-0.2, 0) is 11.2 Å². The number of rotatable bonds is 6. The summed E-state index contributed by atoms with van der Waals surface area (Å²) in [5, 5.41) is 5.47. The Bertz CT molecular complexity index is 585. The van der Waals surface area contributed by atoms with Crippen LogP contribution in [0, 0.1) is 0 Å². The first kappa shape index (κ1) is 14.7. The van der Waals surface area contributed by atoms with Gasteiger partial charge in [0.15, 0.2) is 0 Å². The standard InChI is InChI=1S/C16H17N3O2/c20-15(12-13-6-2-1-3-7-13)18-10-11-19-16(21)14-8-4-5-9-17-14/h1-9H,10-12H2,(H,18,20)(H,19,21). The van der Waals surface area contributed by atoms with Gasteiger partial charge in [0.2, 0.25) is 5.91 Å². The minimum atomic E-state index is -0.243. The zero-order valence-electron chi connectivity index (χ0n) is 11.6. The molecule has 1 aromatic carbocycles. The molecule has 1 heterocycles. The van der Waals surface area contributed by atoms with E-state index in [0.29, 0.717) is 25.2 Å². The smallest absolute Gasteiger partial charge is 0.269 e. The van der Waals surface area contributed by atoms with Gasteiger partial charge >= 0.3 is 0 Å². The number of aromatic nitrogens is 1. The molecular weight excluding hydrogens is 266 g/mol. The maximum absolute atomic E-state index is 11.7. The Morgan fingerprint density at radius 1 is 0.905 bits per heavy atom. The Kier molecular flexibility index (Phi) is 5.46. The molecule has 2 aromatic rings. The third-order valence-corrected chi connectivity index (χ3v) is 2.84. The molecule has 0 fully saturated rings. The van der Waals surface area contributed by atoms with E-state index in [4.69, 9.17) is 0 Å². The van der Waals surface area contributed by atoms with Gasteiger partial charge in [0, 0.05) is 19.3 Å². The summed E-state index contributed by atoms with van der Waals surface area (Å²) in [6, 6.07) is 14.7. The van der Waals surface area contributed by atoms with Crippen molar-refractivity contribution in [2.24, 2.45) is 0 Å². The Hall–Kier alpha value is -2.69. The summed E-state index contributed by atoms with van der Waals surface area (Å²) in [6.07, 6.45) is 1.91. The molecule has 2 rings (SSSR count). The molecule has 0 aliphatic heterocycles. The van der Waals surface area contributed by atoms with E-state index in [2.05, 4.69) is 15.6 Å². The Labute approximate surface area is 123 Å². The van der Waals surface area contributed by atoms with E-state index in [-0.39, 0.29) is 11.8 Å². The Morgan fingerprint density at radius 2 is 1.62 bits per heavy atom. The van der Waals surface area contributed by atoms with Gasteiger partial charge in [0.05, 0.1) is 6.42 Å². The number of benzene rings is 1. The van der Waals surface area contributed by atoms with Gasteiger partial charge in [-0.25, -0.2) is 0 Å². The summed E-state index contributed by atoms with van der Waals surface area (Å²) in [6.45, 7) is 0.764. The van der Waals surface area contributed by atoms with Crippen molar-refractivity contribution < 1.29 is 9.59 Å². The van der Waals surface area contributed by atoms with Crippen molar-refractivity contribution in [3.63, 3.8) is 0 Å². The molecular formula is C16H17N3O2. The molecule has 0 aliphatic carbocycles. The molecule has 0 unspecified atom stereocenters. The van der Waals surface area contributed by atoms with Crippen LogP contribution in [0.5, 0.6) is 0 Å². The van der Waals surface area contributed by atoms with Gasteiger partial charge in [-0.1, -0.05) is 36.4 Å². The number of pyridine rings is 1. The minimum absolute atomic E-state index is 0.0618. The molecule has 21 heavy (non-hydrogen) atoms. The van der Waals surface area contributed by atoms with Gasteiger partial charge in [0.25, 0.3) is 5.91 Å². The lowest BCUT2D eigenvalue weighted by Gasteiger charge is -2.07. The number of nitrogens with zero attached hydrogens (tertiary/aromatic N) is 1. The summed E-state index contributed by atoms with van der Waals surface area (Å²) in [5.74, 6) is -0.304. The number of carbonyl (C=O) groups is 2. The summed E-state index contributed by atoms with van der Waals surface area (Å²) < 4.78 is 0. The fraction of sp³-hybridized carbons (Fsp3) is 0.188. The number of carbonyl (C=O) groups excluding carboxylic acids is 2. The van der Waals surface area contributed by atoms with Crippen LogP contribution in [0.3, 0.4) is 0 Å². The molecule has 5 heteroatoms. The number of hydrogen-bond acceptors (Lipinski definition) is 3. The van der Waals surface area contributed by atoms with Gasteiger partial charge in [-0.05, 0) is 17.7 Å². The fourth-order valence-electron chi connectivity index (χ4n) is 1.81. The average Bonchev–Trinajstić information content (AvgIpc) is 2.53. The largest absolute Gasteiger partial charge is 0.354 e. The summed E-state index contributed by atoms with van der Waals surface area (Å²) in [5.41, 5.74) is 1.33. The number of nitrogens with one attached hydrogen (secondary N) is 2. The van der Waals surface area contributed by atoms with E-state index >= 15 is 0 Å². The molecule has 0 saturated carbocycles. The summed E-state index contributed by atoms with van der Waals surface area (Å²) in [4.78, 5) is 27.3. The van der Waals surface area contributed by atoms with Crippen molar-refractivity contribution in [2.45, 2.75) is 6.42 Å². The SMILES string of the molecule is O=C(Cc1ccccc1)NCCNC(=O)c1ccccn1. The van der Waals surface area contributed by atoms with Crippen LogP contribution in [-0.4, -0.2) is 29.9 Å². The van der Waals surface area contributed by atoms with Gasteiger partial charge in [0.1, 0.15) is 5.69 Å². The molecule has 108 valence electrons. The highest BCUT2D eigenvalue weighted by atomic mass is 16.2. The van der Waals surface area contributed by atoms with Crippen LogP contribution < -0.4 is 10.6 Å². The third-order valence-electron chi connectivity index (χ3n) is 2.84. The van der Waals surface area contributed by atoms with E-state index in [1.165, 1.54) is 0 Å². The van der Waals surface area contributed by atoms with Crippen molar-refractivity contribution in [3.05, 3.63) is 66.0 Å².